The first-order valence-corrected chi connectivity index (χ1v) is 4.73. The second kappa shape index (κ2) is 6.65. The van der Waals surface area contributed by atoms with Crippen LogP contribution in [0.3, 0.4) is 0 Å². The molecule has 0 aliphatic carbocycles. The van der Waals surface area contributed by atoms with E-state index in [2.05, 4.69) is 22.9 Å². The Hall–Kier alpha value is -0.840. The Morgan fingerprint density at radius 3 is 2.54 bits per heavy atom. The zero-order chi connectivity index (χ0) is 10.3. The van der Waals surface area contributed by atoms with Crippen LogP contribution in [-0.4, -0.2) is 24.1 Å². The van der Waals surface area contributed by atoms with Crippen molar-refractivity contribution in [3.63, 3.8) is 0 Å². The number of hydrogen-bond donors (Lipinski definition) is 3. The lowest BCUT2D eigenvalue weighted by molar-refractivity contribution is -0.121. The lowest BCUT2D eigenvalue weighted by atomic mass is 10.2. The number of rotatable bonds is 5. The largest absolute Gasteiger partial charge is 0.376 e. The topological polar surface area (TPSA) is 67.2 Å². The number of carbonyl (C=O) groups is 1. The molecule has 0 radical (unpaired) electrons. The third kappa shape index (κ3) is 9.07. The lowest BCUT2D eigenvalue weighted by Gasteiger charge is -2.07. The molecule has 0 saturated heterocycles. The van der Waals surface area contributed by atoms with Crippen molar-refractivity contribution in [2.45, 2.75) is 20.3 Å². The standard InChI is InChI=1S/C8H17N3OS/c1-6(2)5-11-7(12)3-4-10-8(9)13/h6H,3-5H2,1-2H3,(H,11,12)(H3,9,10,13). The molecule has 1 amide bonds. The maximum absolute atomic E-state index is 11.1. The first kappa shape index (κ1) is 12.2. The normalized spacial score (nSPS) is 9.77. The van der Waals surface area contributed by atoms with Crippen molar-refractivity contribution in [2.24, 2.45) is 11.7 Å². The molecule has 0 aliphatic rings. The maximum Gasteiger partial charge on any atom is 0.221 e. The average Bonchev–Trinajstić information content (AvgIpc) is 2.00. The minimum Gasteiger partial charge on any atom is -0.376 e. The highest BCUT2D eigenvalue weighted by atomic mass is 32.1. The van der Waals surface area contributed by atoms with Crippen molar-refractivity contribution in [1.82, 2.24) is 10.6 Å². The fraction of sp³-hybridized carbons (Fsp3) is 0.750. The second-order valence-electron chi connectivity index (χ2n) is 3.24. The maximum atomic E-state index is 11.1. The van der Waals surface area contributed by atoms with Gasteiger partial charge in [-0.3, -0.25) is 4.79 Å². The molecule has 13 heavy (non-hydrogen) atoms. The number of nitrogens with one attached hydrogen (secondary N) is 2. The van der Waals surface area contributed by atoms with Crippen LogP contribution in [0.2, 0.25) is 0 Å². The lowest BCUT2D eigenvalue weighted by Crippen LogP contribution is -2.34. The van der Waals surface area contributed by atoms with Gasteiger partial charge in [0.2, 0.25) is 5.91 Å². The van der Waals surface area contributed by atoms with E-state index in [0.717, 1.165) is 0 Å². The summed E-state index contributed by atoms with van der Waals surface area (Å²) in [4.78, 5) is 11.1. The first-order chi connectivity index (χ1) is 6.02. The van der Waals surface area contributed by atoms with E-state index in [1.165, 1.54) is 0 Å². The van der Waals surface area contributed by atoms with Crippen molar-refractivity contribution in [3.8, 4) is 0 Å². The molecule has 0 heterocycles. The smallest absolute Gasteiger partial charge is 0.221 e. The van der Waals surface area contributed by atoms with Gasteiger partial charge in [0.15, 0.2) is 5.11 Å². The highest BCUT2D eigenvalue weighted by Crippen LogP contribution is 1.87. The molecule has 0 aromatic carbocycles. The van der Waals surface area contributed by atoms with Crippen LogP contribution in [0.15, 0.2) is 0 Å². The summed E-state index contributed by atoms with van der Waals surface area (Å²) < 4.78 is 0. The van der Waals surface area contributed by atoms with Crippen LogP contribution in [0.5, 0.6) is 0 Å². The van der Waals surface area contributed by atoms with Gasteiger partial charge in [-0.05, 0) is 18.1 Å². The van der Waals surface area contributed by atoms with E-state index >= 15 is 0 Å². The van der Waals surface area contributed by atoms with Gasteiger partial charge in [-0.2, -0.15) is 0 Å². The molecule has 0 unspecified atom stereocenters. The van der Waals surface area contributed by atoms with Crippen LogP contribution in [0.4, 0.5) is 0 Å². The summed E-state index contributed by atoms with van der Waals surface area (Å²) in [6.45, 7) is 5.31. The average molecular weight is 203 g/mol. The van der Waals surface area contributed by atoms with Gasteiger partial charge in [0.1, 0.15) is 0 Å². The molecule has 5 heteroatoms. The highest BCUT2D eigenvalue weighted by Gasteiger charge is 2.01. The van der Waals surface area contributed by atoms with E-state index < -0.39 is 0 Å². The van der Waals surface area contributed by atoms with Crippen molar-refractivity contribution in [3.05, 3.63) is 0 Å². The molecule has 0 rings (SSSR count). The molecular weight excluding hydrogens is 186 g/mol. The monoisotopic (exact) mass is 203 g/mol. The van der Waals surface area contributed by atoms with Gasteiger partial charge in [-0.1, -0.05) is 13.8 Å². The Kier molecular flexibility index (Phi) is 6.22. The fourth-order valence-electron chi connectivity index (χ4n) is 0.706. The van der Waals surface area contributed by atoms with E-state index in [1.807, 2.05) is 13.8 Å². The van der Waals surface area contributed by atoms with E-state index in [-0.39, 0.29) is 11.0 Å². The van der Waals surface area contributed by atoms with Gasteiger partial charge in [0.25, 0.3) is 0 Å². The van der Waals surface area contributed by atoms with Gasteiger partial charge in [0, 0.05) is 19.5 Å². The molecule has 0 fully saturated rings. The van der Waals surface area contributed by atoms with E-state index in [4.69, 9.17) is 5.73 Å². The van der Waals surface area contributed by atoms with E-state index in [1.54, 1.807) is 0 Å². The summed E-state index contributed by atoms with van der Waals surface area (Å²) in [5.74, 6) is 0.505. The Morgan fingerprint density at radius 2 is 2.08 bits per heavy atom. The highest BCUT2D eigenvalue weighted by molar-refractivity contribution is 7.80. The predicted molar refractivity (Wildman–Crippen MR) is 57.3 cm³/mol. The molecule has 76 valence electrons. The number of thiocarbonyl (C=S) groups is 1. The zero-order valence-corrected chi connectivity index (χ0v) is 8.91. The van der Waals surface area contributed by atoms with Crippen LogP contribution in [-0.2, 0) is 4.79 Å². The summed E-state index contributed by atoms with van der Waals surface area (Å²) in [7, 11) is 0. The van der Waals surface area contributed by atoms with Crippen LogP contribution < -0.4 is 16.4 Å². The molecule has 0 bridgehead atoms. The van der Waals surface area contributed by atoms with Gasteiger partial charge in [-0.15, -0.1) is 0 Å². The number of hydrogen-bond acceptors (Lipinski definition) is 2. The Balaban J connectivity index is 3.35. The SMILES string of the molecule is CC(C)CNC(=O)CCNC(N)=S. The van der Waals surface area contributed by atoms with Gasteiger partial charge in [-0.25, -0.2) is 0 Å². The third-order valence-corrected chi connectivity index (χ3v) is 1.50. The fourth-order valence-corrected chi connectivity index (χ4v) is 0.808. The van der Waals surface area contributed by atoms with Crippen LogP contribution in [0.1, 0.15) is 20.3 Å². The minimum absolute atomic E-state index is 0.0254. The van der Waals surface area contributed by atoms with Gasteiger partial charge in [0.05, 0.1) is 0 Å². The number of carbonyl (C=O) groups excluding carboxylic acids is 1. The molecule has 0 aliphatic heterocycles. The van der Waals surface area contributed by atoms with Crippen LogP contribution in [0, 0.1) is 5.92 Å². The van der Waals surface area contributed by atoms with Crippen molar-refractivity contribution in [1.29, 1.82) is 0 Å². The molecular formula is C8H17N3OS. The number of nitrogens with two attached hydrogens (primary N) is 1. The van der Waals surface area contributed by atoms with Crippen LogP contribution in [0.25, 0.3) is 0 Å². The van der Waals surface area contributed by atoms with Crippen LogP contribution >= 0.6 is 12.2 Å². The Bertz CT molecular complexity index is 182. The molecule has 4 N–H and O–H groups in total. The van der Waals surface area contributed by atoms with Crippen molar-refractivity contribution >= 4 is 23.2 Å². The Labute approximate surface area is 84.3 Å². The molecule has 0 aromatic heterocycles. The number of amides is 1. The minimum atomic E-state index is 0.0254. The molecule has 4 nitrogen and oxygen atoms in total. The first-order valence-electron chi connectivity index (χ1n) is 4.32. The molecule has 0 atom stereocenters. The zero-order valence-electron chi connectivity index (χ0n) is 8.09. The molecule has 0 saturated carbocycles. The van der Waals surface area contributed by atoms with E-state index in [0.29, 0.717) is 25.4 Å². The summed E-state index contributed by atoms with van der Waals surface area (Å²) >= 11 is 4.59. The summed E-state index contributed by atoms with van der Waals surface area (Å²) in [5.41, 5.74) is 5.19. The van der Waals surface area contributed by atoms with Gasteiger partial charge < -0.3 is 16.4 Å². The van der Waals surface area contributed by atoms with E-state index in [9.17, 15) is 4.79 Å². The van der Waals surface area contributed by atoms with Crippen molar-refractivity contribution in [2.75, 3.05) is 13.1 Å². The summed E-state index contributed by atoms with van der Waals surface area (Å²) in [6, 6.07) is 0. The second-order valence-corrected chi connectivity index (χ2v) is 3.68. The summed E-state index contributed by atoms with van der Waals surface area (Å²) in [5, 5.41) is 5.74. The predicted octanol–water partition coefficient (Wildman–Crippen LogP) is -0.0181. The quantitative estimate of drug-likeness (QED) is 0.549. The third-order valence-electron chi connectivity index (χ3n) is 1.36. The van der Waals surface area contributed by atoms with Crippen molar-refractivity contribution < 1.29 is 4.79 Å². The molecule has 0 aromatic rings. The van der Waals surface area contributed by atoms with Gasteiger partial charge >= 0.3 is 0 Å². The summed E-state index contributed by atoms with van der Waals surface area (Å²) in [6.07, 6.45) is 0.407. The molecule has 0 spiro atoms. The Morgan fingerprint density at radius 1 is 1.46 bits per heavy atom.